The summed E-state index contributed by atoms with van der Waals surface area (Å²) in [6.45, 7) is 3.39. The van der Waals surface area contributed by atoms with E-state index in [0.29, 0.717) is 32.8 Å². The fourth-order valence-corrected chi connectivity index (χ4v) is 3.88. The van der Waals surface area contributed by atoms with Crippen molar-refractivity contribution in [2.24, 2.45) is 0 Å². The Morgan fingerprint density at radius 2 is 1.87 bits per heavy atom. The number of hydrogen-bond donors (Lipinski definition) is 1. The van der Waals surface area contributed by atoms with E-state index in [9.17, 15) is 9.59 Å². The van der Waals surface area contributed by atoms with Gasteiger partial charge in [-0.1, -0.05) is 0 Å². The third kappa shape index (κ3) is 4.46. The molecule has 0 unspecified atom stereocenters. The molecule has 0 saturated carbocycles. The van der Waals surface area contributed by atoms with Gasteiger partial charge in [-0.25, -0.2) is 9.78 Å². The molecule has 1 amide bonds. The standard InChI is InChI=1S/C22H20N2O6S/c1-12-19(31-21(23-12)14-4-7-16(27-3)8-5-14)22(26)30-13(2)20(25)24-15-6-9-17-18(10-15)29-11-28-17/h4-10,13H,11H2,1-3H3,(H,24,25)/t13-/m0/s1. The second-order valence-corrected chi connectivity index (χ2v) is 7.77. The Labute approximate surface area is 182 Å². The Balaban J connectivity index is 1.41. The normalized spacial score (nSPS) is 12.9. The number of thiazole rings is 1. The van der Waals surface area contributed by atoms with Crippen molar-refractivity contribution in [2.45, 2.75) is 20.0 Å². The summed E-state index contributed by atoms with van der Waals surface area (Å²) in [5, 5.41) is 3.39. The lowest BCUT2D eigenvalue weighted by atomic mass is 10.2. The minimum absolute atomic E-state index is 0.146. The first-order chi connectivity index (χ1) is 14.9. The molecular formula is C22H20N2O6S. The van der Waals surface area contributed by atoms with Crippen LogP contribution in [0, 0.1) is 6.92 Å². The molecule has 0 radical (unpaired) electrons. The van der Waals surface area contributed by atoms with Crippen LogP contribution in [0.5, 0.6) is 17.2 Å². The van der Waals surface area contributed by atoms with Gasteiger partial charge in [-0.15, -0.1) is 11.3 Å². The van der Waals surface area contributed by atoms with E-state index in [2.05, 4.69) is 10.3 Å². The first-order valence-corrected chi connectivity index (χ1v) is 10.3. The van der Waals surface area contributed by atoms with Gasteiger partial charge in [0.1, 0.15) is 15.6 Å². The molecule has 1 aliphatic rings. The summed E-state index contributed by atoms with van der Waals surface area (Å²) in [6.07, 6.45) is -0.996. The minimum Gasteiger partial charge on any atom is -0.497 e. The number of methoxy groups -OCH3 is 1. The van der Waals surface area contributed by atoms with E-state index in [1.807, 2.05) is 24.3 Å². The highest BCUT2D eigenvalue weighted by Crippen LogP contribution is 2.34. The van der Waals surface area contributed by atoms with Gasteiger partial charge in [0, 0.05) is 17.3 Å². The molecule has 0 bridgehead atoms. The lowest BCUT2D eigenvalue weighted by molar-refractivity contribution is -0.123. The van der Waals surface area contributed by atoms with E-state index in [0.717, 1.165) is 11.3 Å². The number of fused-ring (bicyclic) bond motifs is 1. The van der Waals surface area contributed by atoms with Gasteiger partial charge in [-0.2, -0.15) is 0 Å². The maximum absolute atomic E-state index is 12.6. The zero-order valence-corrected chi connectivity index (χ0v) is 17.9. The first kappa shape index (κ1) is 20.7. The van der Waals surface area contributed by atoms with Crippen LogP contribution in [0.2, 0.25) is 0 Å². The minimum atomic E-state index is -0.996. The zero-order chi connectivity index (χ0) is 22.0. The Morgan fingerprint density at radius 1 is 1.13 bits per heavy atom. The topological polar surface area (TPSA) is 96.0 Å². The molecule has 2 aromatic carbocycles. The van der Waals surface area contributed by atoms with E-state index in [4.69, 9.17) is 18.9 Å². The van der Waals surface area contributed by atoms with Crippen molar-refractivity contribution in [2.75, 3.05) is 19.2 Å². The number of ether oxygens (including phenoxy) is 4. The number of esters is 1. The molecule has 8 nitrogen and oxygen atoms in total. The maximum Gasteiger partial charge on any atom is 0.351 e. The third-order valence-electron chi connectivity index (χ3n) is 4.61. The summed E-state index contributed by atoms with van der Waals surface area (Å²) < 4.78 is 21.1. The molecule has 0 spiro atoms. The number of hydrogen-bond acceptors (Lipinski definition) is 8. The summed E-state index contributed by atoms with van der Waals surface area (Å²) in [4.78, 5) is 29.9. The molecule has 1 aromatic heterocycles. The van der Waals surface area contributed by atoms with Gasteiger partial charge < -0.3 is 24.3 Å². The average Bonchev–Trinajstić information content (AvgIpc) is 3.39. The zero-order valence-electron chi connectivity index (χ0n) is 17.1. The van der Waals surface area contributed by atoms with Crippen LogP contribution < -0.4 is 19.5 Å². The molecule has 2 heterocycles. The Morgan fingerprint density at radius 3 is 2.61 bits per heavy atom. The third-order valence-corrected chi connectivity index (χ3v) is 5.80. The van der Waals surface area contributed by atoms with Crippen molar-refractivity contribution >= 4 is 28.9 Å². The van der Waals surface area contributed by atoms with E-state index in [1.165, 1.54) is 18.3 Å². The Hall–Kier alpha value is -3.59. The fraction of sp³-hybridized carbons (Fsp3) is 0.227. The number of rotatable bonds is 6. The van der Waals surface area contributed by atoms with Crippen LogP contribution in [-0.2, 0) is 9.53 Å². The van der Waals surface area contributed by atoms with Gasteiger partial charge in [0.15, 0.2) is 17.6 Å². The number of anilines is 1. The van der Waals surface area contributed by atoms with Crippen molar-refractivity contribution in [1.29, 1.82) is 0 Å². The molecule has 4 rings (SSSR count). The molecule has 1 atom stereocenters. The molecule has 0 fully saturated rings. The number of amides is 1. The SMILES string of the molecule is COc1ccc(-c2nc(C)c(C(=O)O[C@@H](C)C(=O)Nc3ccc4c(c3)OCO4)s2)cc1. The molecule has 1 aliphatic heterocycles. The van der Waals surface area contributed by atoms with Crippen LogP contribution in [0.3, 0.4) is 0 Å². The Bertz CT molecular complexity index is 1130. The van der Waals surface area contributed by atoms with Gasteiger partial charge >= 0.3 is 5.97 Å². The number of nitrogens with one attached hydrogen (secondary N) is 1. The highest BCUT2D eigenvalue weighted by Gasteiger charge is 2.24. The van der Waals surface area contributed by atoms with Crippen molar-refractivity contribution in [3.05, 3.63) is 53.0 Å². The van der Waals surface area contributed by atoms with Gasteiger partial charge in [0.25, 0.3) is 5.91 Å². The largest absolute Gasteiger partial charge is 0.497 e. The van der Waals surface area contributed by atoms with Crippen LogP contribution in [0.4, 0.5) is 5.69 Å². The number of aromatic nitrogens is 1. The molecule has 0 saturated heterocycles. The monoisotopic (exact) mass is 440 g/mol. The summed E-state index contributed by atoms with van der Waals surface area (Å²) in [6, 6.07) is 12.4. The second-order valence-electron chi connectivity index (χ2n) is 6.77. The van der Waals surface area contributed by atoms with Crippen LogP contribution in [-0.4, -0.2) is 36.9 Å². The summed E-state index contributed by atoms with van der Waals surface area (Å²) >= 11 is 1.22. The van der Waals surface area contributed by atoms with E-state index < -0.39 is 18.0 Å². The van der Waals surface area contributed by atoms with Crippen LogP contribution in [0.1, 0.15) is 22.3 Å². The molecule has 1 N–H and O–H groups in total. The number of benzene rings is 2. The van der Waals surface area contributed by atoms with Gasteiger partial charge in [0.05, 0.1) is 12.8 Å². The molecular weight excluding hydrogens is 420 g/mol. The predicted octanol–water partition coefficient (Wildman–Crippen LogP) is 4.04. The first-order valence-electron chi connectivity index (χ1n) is 9.48. The number of aryl methyl sites for hydroxylation is 1. The van der Waals surface area contributed by atoms with E-state index >= 15 is 0 Å². The Kier molecular flexibility index (Phi) is 5.77. The fourth-order valence-electron chi connectivity index (χ4n) is 2.93. The maximum atomic E-state index is 12.6. The van der Waals surface area contributed by atoms with Crippen LogP contribution in [0.15, 0.2) is 42.5 Å². The number of carbonyl (C=O) groups is 2. The molecule has 3 aromatic rings. The number of nitrogens with zero attached hydrogens (tertiary/aromatic N) is 1. The second kappa shape index (κ2) is 8.65. The molecule has 9 heteroatoms. The molecule has 160 valence electrons. The predicted molar refractivity (Wildman–Crippen MR) is 115 cm³/mol. The van der Waals surface area contributed by atoms with Crippen LogP contribution >= 0.6 is 11.3 Å². The smallest absolute Gasteiger partial charge is 0.351 e. The molecule has 31 heavy (non-hydrogen) atoms. The number of carbonyl (C=O) groups excluding carboxylic acids is 2. The van der Waals surface area contributed by atoms with Crippen molar-refractivity contribution in [3.63, 3.8) is 0 Å². The van der Waals surface area contributed by atoms with Crippen molar-refractivity contribution in [3.8, 4) is 27.8 Å². The highest BCUT2D eigenvalue weighted by atomic mass is 32.1. The lowest BCUT2D eigenvalue weighted by Crippen LogP contribution is -2.29. The van der Waals surface area contributed by atoms with E-state index in [-0.39, 0.29) is 6.79 Å². The van der Waals surface area contributed by atoms with Gasteiger partial charge in [-0.3, -0.25) is 4.79 Å². The van der Waals surface area contributed by atoms with Crippen LogP contribution in [0.25, 0.3) is 10.6 Å². The lowest BCUT2D eigenvalue weighted by Gasteiger charge is -2.13. The van der Waals surface area contributed by atoms with Crippen molar-refractivity contribution in [1.82, 2.24) is 4.98 Å². The summed E-state index contributed by atoms with van der Waals surface area (Å²) in [5.74, 6) is 0.853. The molecule has 0 aliphatic carbocycles. The summed E-state index contributed by atoms with van der Waals surface area (Å²) in [5.41, 5.74) is 1.93. The average molecular weight is 440 g/mol. The summed E-state index contributed by atoms with van der Waals surface area (Å²) in [7, 11) is 1.60. The quantitative estimate of drug-likeness (QED) is 0.578. The van der Waals surface area contributed by atoms with Gasteiger partial charge in [-0.05, 0) is 50.2 Å². The highest BCUT2D eigenvalue weighted by molar-refractivity contribution is 7.17. The van der Waals surface area contributed by atoms with Crippen molar-refractivity contribution < 1.29 is 28.5 Å². The van der Waals surface area contributed by atoms with E-state index in [1.54, 1.807) is 32.2 Å². The van der Waals surface area contributed by atoms with Gasteiger partial charge in [0.2, 0.25) is 6.79 Å².